The molecule has 0 aliphatic rings. The molecule has 19 heavy (non-hydrogen) atoms. The van der Waals surface area contributed by atoms with Crippen LogP contribution in [0.1, 0.15) is 24.2 Å². The highest BCUT2D eigenvalue weighted by atomic mass is 35.5. The van der Waals surface area contributed by atoms with E-state index in [1.54, 1.807) is 23.9 Å². The molecule has 2 rings (SSSR count). The number of rotatable bonds is 5. The first-order valence-electron chi connectivity index (χ1n) is 6.14. The number of hydrogen-bond acceptors (Lipinski definition) is 3. The van der Waals surface area contributed by atoms with Crippen LogP contribution < -0.4 is 5.32 Å². The maximum absolute atomic E-state index is 14.0. The first-order valence-corrected chi connectivity index (χ1v) is 6.52. The van der Waals surface area contributed by atoms with Gasteiger partial charge >= 0.3 is 0 Å². The average molecular weight is 283 g/mol. The van der Waals surface area contributed by atoms with Crippen molar-refractivity contribution < 1.29 is 4.39 Å². The van der Waals surface area contributed by atoms with Crippen LogP contribution in [-0.2, 0) is 13.5 Å². The minimum absolute atomic E-state index is 0.213. The summed E-state index contributed by atoms with van der Waals surface area (Å²) in [6.07, 6.45) is 2.36. The fourth-order valence-electron chi connectivity index (χ4n) is 2.06. The van der Waals surface area contributed by atoms with Gasteiger partial charge in [-0.25, -0.2) is 4.39 Å². The summed E-state index contributed by atoms with van der Waals surface area (Å²) in [4.78, 5) is 0. The molecular weight excluding hydrogens is 267 g/mol. The molecule has 1 heterocycles. The highest BCUT2D eigenvalue weighted by Gasteiger charge is 2.19. The van der Waals surface area contributed by atoms with E-state index in [0.29, 0.717) is 17.0 Å². The van der Waals surface area contributed by atoms with Crippen LogP contribution in [0.4, 0.5) is 4.39 Å². The third kappa shape index (κ3) is 3.30. The average Bonchev–Trinajstić information content (AvgIpc) is 2.75. The Kier molecular flexibility index (Phi) is 4.50. The van der Waals surface area contributed by atoms with Gasteiger partial charge in [-0.2, -0.15) is 0 Å². The van der Waals surface area contributed by atoms with Crippen LogP contribution >= 0.6 is 11.6 Å². The van der Waals surface area contributed by atoms with Crippen molar-refractivity contribution in [3.05, 3.63) is 46.5 Å². The van der Waals surface area contributed by atoms with E-state index in [4.69, 9.17) is 11.6 Å². The highest BCUT2D eigenvalue weighted by molar-refractivity contribution is 6.31. The Bertz CT molecular complexity index is 535. The Morgan fingerprint density at radius 1 is 1.47 bits per heavy atom. The van der Waals surface area contributed by atoms with Gasteiger partial charge < -0.3 is 5.32 Å². The molecule has 1 aromatic heterocycles. The third-order valence-corrected chi connectivity index (χ3v) is 3.19. The molecule has 0 radical (unpaired) electrons. The van der Waals surface area contributed by atoms with Crippen molar-refractivity contribution in [2.45, 2.75) is 19.4 Å². The Hall–Kier alpha value is -1.46. The van der Waals surface area contributed by atoms with Crippen molar-refractivity contribution in [2.24, 2.45) is 7.05 Å². The lowest BCUT2D eigenvalue weighted by Crippen LogP contribution is -2.24. The van der Waals surface area contributed by atoms with Crippen molar-refractivity contribution in [3.63, 3.8) is 0 Å². The smallest absolute Gasteiger partial charge is 0.129 e. The standard InChI is InChI=1S/C13H16ClFN4/c1-3-16-12(7-9-8-19(2)18-17-9)13-10(14)5-4-6-11(13)15/h4-6,8,12,16H,3,7H2,1-2H3. The number of halogens is 2. The molecule has 0 bridgehead atoms. The number of benzene rings is 1. The first kappa shape index (κ1) is 14.0. The maximum atomic E-state index is 14.0. The van der Waals surface area contributed by atoms with Gasteiger partial charge in [-0.15, -0.1) is 5.10 Å². The van der Waals surface area contributed by atoms with Gasteiger partial charge in [0.2, 0.25) is 0 Å². The predicted octanol–water partition coefficient (Wildman–Crippen LogP) is 2.50. The minimum Gasteiger partial charge on any atom is -0.310 e. The summed E-state index contributed by atoms with van der Waals surface area (Å²) in [6, 6.07) is 4.51. The molecule has 6 heteroatoms. The Morgan fingerprint density at radius 2 is 2.26 bits per heavy atom. The predicted molar refractivity (Wildman–Crippen MR) is 72.5 cm³/mol. The van der Waals surface area contributed by atoms with Gasteiger partial charge in [0.15, 0.2) is 0 Å². The molecule has 0 saturated heterocycles. The van der Waals surface area contributed by atoms with Gasteiger partial charge in [0, 0.05) is 36.3 Å². The lowest BCUT2D eigenvalue weighted by Gasteiger charge is -2.19. The number of likely N-dealkylation sites (N-methyl/N-ethyl adjacent to an activating group) is 1. The first-order chi connectivity index (χ1) is 9.11. The zero-order valence-electron chi connectivity index (χ0n) is 10.9. The van der Waals surface area contributed by atoms with Gasteiger partial charge in [0.05, 0.1) is 5.69 Å². The van der Waals surface area contributed by atoms with Crippen LogP contribution in [0.5, 0.6) is 0 Å². The maximum Gasteiger partial charge on any atom is 0.129 e. The molecule has 1 N–H and O–H groups in total. The number of nitrogens with zero attached hydrogens (tertiary/aromatic N) is 3. The van der Waals surface area contributed by atoms with Crippen LogP contribution in [0.3, 0.4) is 0 Å². The van der Waals surface area contributed by atoms with Gasteiger partial charge in [-0.1, -0.05) is 29.8 Å². The van der Waals surface area contributed by atoms with Crippen LogP contribution in [0.2, 0.25) is 5.02 Å². The van der Waals surface area contributed by atoms with Crippen LogP contribution in [0.25, 0.3) is 0 Å². The fraction of sp³-hybridized carbons (Fsp3) is 0.385. The molecule has 1 atom stereocenters. The monoisotopic (exact) mass is 282 g/mol. The van der Waals surface area contributed by atoms with E-state index in [1.165, 1.54) is 6.07 Å². The third-order valence-electron chi connectivity index (χ3n) is 2.86. The molecule has 0 fully saturated rings. The summed E-state index contributed by atoms with van der Waals surface area (Å²) >= 11 is 6.11. The zero-order chi connectivity index (χ0) is 13.8. The van der Waals surface area contributed by atoms with Crippen LogP contribution in [0.15, 0.2) is 24.4 Å². The second-order valence-electron chi connectivity index (χ2n) is 4.33. The topological polar surface area (TPSA) is 42.7 Å². The summed E-state index contributed by atoms with van der Waals surface area (Å²) in [5.74, 6) is -0.303. The molecule has 2 aromatic rings. The molecule has 102 valence electrons. The van der Waals surface area contributed by atoms with Crippen molar-refractivity contribution in [2.75, 3.05) is 6.54 Å². The molecule has 0 aliphatic heterocycles. The quantitative estimate of drug-likeness (QED) is 0.916. The van der Waals surface area contributed by atoms with Crippen molar-refractivity contribution >= 4 is 11.6 Å². The van der Waals surface area contributed by atoms with Gasteiger partial charge in [-0.05, 0) is 18.7 Å². The summed E-state index contributed by atoms with van der Waals surface area (Å²) in [7, 11) is 1.80. The minimum atomic E-state index is -0.303. The van der Waals surface area contributed by atoms with E-state index < -0.39 is 0 Å². The Morgan fingerprint density at radius 3 is 2.84 bits per heavy atom. The largest absolute Gasteiger partial charge is 0.310 e. The lowest BCUT2D eigenvalue weighted by atomic mass is 10.0. The summed E-state index contributed by atoms with van der Waals surface area (Å²) in [5, 5.41) is 11.6. The van der Waals surface area contributed by atoms with E-state index in [0.717, 1.165) is 12.2 Å². The van der Waals surface area contributed by atoms with Crippen LogP contribution in [-0.4, -0.2) is 21.5 Å². The van der Waals surface area contributed by atoms with E-state index >= 15 is 0 Å². The number of aromatic nitrogens is 3. The molecule has 0 saturated carbocycles. The second kappa shape index (κ2) is 6.12. The van der Waals surface area contributed by atoms with E-state index in [-0.39, 0.29) is 11.9 Å². The fourth-order valence-corrected chi connectivity index (χ4v) is 2.36. The molecular formula is C13H16ClFN4. The van der Waals surface area contributed by atoms with Crippen molar-refractivity contribution in [1.82, 2.24) is 20.3 Å². The van der Waals surface area contributed by atoms with E-state index in [2.05, 4.69) is 15.6 Å². The summed E-state index contributed by atoms with van der Waals surface area (Å²) in [6.45, 7) is 2.69. The Balaban J connectivity index is 2.29. The van der Waals surface area contributed by atoms with Gasteiger partial charge in [0.1, 0.15) is 5.82 Å². The molecule has 0 amide bonds. The SMILES string of the molecule is CCNC(Cc1cn(C)nn1)c1c(F)cccc1Cl. The zero-order valence-corrected chi connectivity index (χ0v) is 11.7. The Labute approximate surface area is 116 Å². The summed E-state index contributed by atoms with van der Waals surface area (Å²) in [5.41, 5.74) is 1.28. The molecule has 1 aromatic carbocycles. The molecule has 0 spiro atoms. The number of aryl methyl sites for hydroxylation is 1. The molecule has 0 aliphatic carbocycles. The van der Waals surface area contributed by atoms with Crippen LogP contribution in [0, 0.1) is 5.82 Å². The van der Waals surface area contributed by atoms with Crippen molar-refractivity contribution in [1.29, 1.82) is 0 Å². The molecule has 4 nitrogen and oxygen atoms in total. The van der Waals surface area contributed by atoms with Gasteiger partial charge in [-0.3, -0.25) is 4.68 Å². The summed E-state index contributed by atoms with van der Waals surface area (Å²) < 4.78 is 15.6. The van der Waals surface area contributed by atoms with Crippen molar-refractivity contribution in [3.8, 4) is 0 Å². The van der Waals surface area contributed by atoms with Gasteiger partial charge in [0.25, 0.3) is 0 Å². The van der Waals surface area contributed by atoms with E-state index in [1.807, 2.05) is 13.1 Å². The lowest BCUT2D eigenvalue weighted by molar-refractivity contribution is 0.506. The molecule has 1 unspecified atom stereocenters. The number of hydrogen-bond donors (Lipinski definition) is 1. The second-order valence-corrected chi connectivity index (χ2v) is 4.74. The van der Waals surface area contributed by atoms with E-state index in [9.17, 15) is 4.39 Å². The number of nitrogens with one attached hydrogen (secondary N) is 1. The normalized spacial score (nSPS) is 12.6. The highest BCUT2D eigenvalue weighted by Crippen LogP contribution is 2.27.